The summed E-state index contributed by atoms with van der Waals surface area (Å²) in [5.41, 5.74) is 1.12. The normalized spacial score (nSPS) is 27.5. The van der Waals surface area contributed by atoms with Crippen LogP contribution in [0, 0.1) is 0 Å². The van der Waals surface area contributed by atoms with Crippen molar-refractivity contribution in [2.45, 2.75) is 85.0 Å². The molecule has 14 nitrogen and oxygen atoms in total. The second kappa shape index (κ2) is 12.5. The van der Waals surface area contributed by atoms with Gasteiger partial charge in [-0.05, 0) is 38.8 Å². The van der Waals surface area contributed by atoms with Crippen LogP contribution in [-0.2, 0) is 59.4 Å². The monoisotopic (exact) mass is 713 g/mol. The summed E-state index contributed by atoms with van der Waals surface area (Å²) < 4.78 is 39.0. The highest BCUT2D eigenvalue weighted by Crippen LogP contribution is 2.51. The minimum atomic E-state index is -3.84. The highest BCUT2D eigenvalue weighted by Gasteiger charge is 2.68. The molecule has 2 unspecified atom stereocenters. The SMILES string of the molecule is CC1(C)S[C@@H]2C(NC(=O)C(C(=O)OCc3ccccc3)c3ccccc3)C(=O)N2[C@H]1C(=O)OCOC(=O)[C@@H]1N2C(=O)C[C@H]2S(=O)(=O)C1(C)C. The maximum atomic E-state index is 13.6. The number of β-lactam (4-membered cyclic amide) rings is 2. The third-order valence-corrected chi connectivity index (χ3v) is 13.8. The van der Waals surface area contributed by atoms with Crippen LogP contribution in [0.1, 0.15) is 51.2 Å². The van der Waals surface area contributed by atoms with Gasteiger partial charge >= 0.3 is 17.9 Å². The van der Waals surface area contributed by atoms with Crippen LogP contribution in [0.5, 0.6) is 0 Å². The number of hydrogen-bond donors (Lipinski definition) is 1. The van der Waals surface area contributed by atoms with E-state index in [1.165, 1.54) is 30.5 Å². The lowest BCUT2D eigenvalue weighted by molar-refractivity contribution is -0.181. The van der Waals surface area contributed by atoms with Crippen molar-refractivity contribution in [1.29, 1.82) is 0 Å². The third kappa shape index (κ3) is 5.73. The van der Waals surface area contributed by atoms with Crippen LogP contribution in [0.2, 0.25) is 0 Å². The molecule has 0 saturated carbocycles. The van der Waals surface area contributed by atoms with E-state index in [9.17, 15) is 37.2 Å². The van der Waals surface area contributed by atoms with Crippen LogP contribution in [-0.4, -0.2) is 99.0 Å². The van der Waals surface area contributed by atoms with E-state index in [-0.39, 0.29) is 13.0 Å². The molecule has 0 aromatic heterocycles. The quantitative estimate of drug-likeness (QED) is 0.161. The predicted molar refractivity (Wildman–Crippen MR) is 173 cm³/mol. The van der Waals surface area contributed by atoms with Gasteiger partial charge in [0.2, 0.25) is 24.5 Å². The number of hydrogen-bond acceptors (Lipinski definition) is 12. The summed E-state index contributed by atoms with van der Waals surface area (Å²) in [5.74, 6) is -5.87. The van der Waals surface area contributed by atoms with Gasteiger partial charge in [0.25, 0.3) is 0 Å². The fraction of sp³-hybridized carbons (Fsp3) is 0.455. The molecule has 2 aromatic carbocycles. The van der Waals surface area contributed by atoms with E-state index in [0.717, 1.165) is 10.5 Å². The average Bonchev–Trinajstić information content (AvgIpc) is 3.38. The van der Waals surface area contributed by atoms with Crippen molar-refractivity contribution >= 4 is 57.2 Å². The Morgan fingerprint density at radius 1 is 0.878 bits per heavy atom. The number of carbonyl (C=O) groups excluding carboxylic acids is 6. The molecule has 4 fully saturated rings. The Morgan fingerprint density at radius 2 is 1.47 bits per heavy atom. The van der Waals surface area contributed by atoms with Crippen LogP contribution in [0.25, 0.3) is 0 Å². The van der Waals surface area contributed by atoms with Gasteiger partial charge in [-0.25, -0.2) is 18.0 Å². The van der Waals surface area contributed by atoms with Crippen LogP contribution >= 0.6 is 11.8 Å². The van der Waals surface area contributed by atoms with Gasteiger partial charge in [-0.1, -0.05) is 60.7 Å². The van der Waals surface area contributed by atoms with Gasteiger partial charge in [-0.2, -0.15) is 0 Å². The number of rotatable bonds is 10. The number of nitrogens with one attached hydrogen (secondary N) is 1. The molecule has 260 valence electrons. The zero-order valence-electron chi connectivity index (χ0n) is 27.1. The van der Waals surface area contributed by atoms with Crippen molar-refractivity contribution in [1.82, 2.24) is 15.1 Å². The summed E-state index contributed by atoms with van der Waals surface area (Å²) in [6.45, 7) is 5.19. The molecule has 0 aliphatic carbocycles. The molecular weight excluding hydrogens is 679 g/mol. The summed E-state index contributed by atoms with van der Waals surface area (Å²) in [4.78, 5) is 80.8. The molecule has 4 aliphatic heterocycles. The molecule has 4 heterocycles. The number of esters is 3. The van der Waals surface area contributed by atoms with Gasteiger partial charge in [0.15, 0.2) is 15.8 Å². The van der Waals surface area contributed by atoms with Crippen molar-refractivity contribution in [3.8, 4) is 0 Å². The zero-order chi connectivity index (χ0) is 35.5. The maximum Gasteiger partial charge on any atom is 0.333 e. The summed E-state index contributed by atoms with van der Waals surface area (Å²) >= 11 is 1.25. The molecular formula is C33H35N3O11S2. The lowest BCUT2D eigenvalue weighted by Gasteiger charge is -2.44. The molecule has 3 amide bonds. The third-order valence-electron chi connectivity index (χ3n) is 9.42. The number of carbonyl (C=O) groups is 6. The number of sulfone groups is 1. The fourth-order valence-electron chi connectivity index (χ4n) is 6.73. The van der Waals surface area contributed by atoms with E-state index in [2.05, 4.69) is 5.32 Å². The van der Waals surface area contributed by atoms with Gasteiger partial charge in [-0.3, -0.25) is 19.2 Å². The first kappa shape index (κ1) is 34.4. The van der Waals surface area contributed by atoms with Crippen LogP contribution < -0.4 is 5.32 Å². The Balaban J connectivity index is 1.08. The highest BCUT2D eigenvalue weighted by molar-refractivity contribution is 8.01. The lowest BCUT2D eigenvalue weighted by atomic mass is 9.94. The Labute approximate surface area is 286 Å². The highest BCUT2D eigenvalue weighted by atomic mass is 32.2. The number of benzene rings is 2. The van der Waals surface area contributed by atoms with Gasteiger partial charge in [0.1, 0.15) is 35.5 Å². The molecule has 6 atom stereocenters. The van der Waals surface area contributed by atoms with Crippen LogP contribution in [0.4, 0.5) is 0 Å². The minimum absolute atomic E-state index is 0.0490. The Kier molecular flexibility index (Phi) is 8.76. The van der Waals surface area contributed by atoms with Gasteiger partial charge in [0, 0.05) is 4.75 Å². The van der Waals surface area contributed by atoms with E-state index >= 15 is 0 Å². The average molecular weight is 714 g/mol. The molecule has 4 aliphatic rings. The fourth-order valence-corrected chi connectivity index (χ4v) is 10.5. The Morgan fingerprint density at radius 3 is 2.08 bits per heavy atom. The Bertz CT molecular complexity index is 1820. The standard InChI is InChI=1S/C33H35N3O11S2/c1-32(2)24(30(41)46-17-47-31(42)25-33(3,4)49(43,44)21-15-20(37)35(21)25)36-27(39)23(28(36)48-32)34-26(38)22(19-13-9-6-10-14-19)29(40)45-16-18-11-7-5-8-12-18/h5-14,21-25,28H,15-17H2,1-4H3,(H,34,38)/t21-,22?,23?,24+,25+,28-/m1/s1. The van der Waals surface area contributed by atoms with E-state index in [1.807, 2.05) is 6.07 Å². The van der Waals surface area contributed by atoms with Crippen molar-refractivity contribution < 1.29 is 51.4 Å². The number of nitrogens with zero attached hydrogens (tertiary/aromatic N) is 2. The molecule has 0 spiro atoms. The zero-order valence-corrected chi connectivity index (χ0v) is 28.7. The maximum absolute atomic E-state index is 13.6. The number of thioether (sulfide) groups is 1. The minimum Gasteiger partial charge on any atom is -0.460 e. The van der Waals surface area contributed by atoms with E-state index in [4.69, 9.17) is 14.2 Å². The van der Waals surface area contributed by atoms with Crippen molar-refractivity contribution in [3.63, 3.8) is 0 Å². The molecule has 2 aromatic rings. The summed E-state index contributed by atoms with van der Waals surface area (Å²) in [6, 6.07) is 13.7. The van der Waals surface area contributed by atoms with E-state index in [1.54, 1.807) is 68.4 Å². The molecule has 0 radical (unpaired) electrons. The van der Waals surface area contributed by atoms with Crippen LogP contribution in [0.3, 0.4) is 0 Å². The van der Waals surface area contributed by atoms with Gasteiger partial charge in [-0.15, -0.1) is 11.8 Å². The molecule has 1 N–H and O–H groups in total. The molecule has 4 saturated heterocycles. The first-order valence-corrected chi connectivity index (χ1v) is 17.9. The van der Waals surface area contributed by atoms with Crippen molar-refractivity contribution in [3.05, 3.63) is 71.8 Å². The number of amides is 3. The van der Waals surface area contributed by atoms with E-state index < -0.39 is 96.5 Å². The molecule has 0 bridgehead atoms. The predicted octanol–water partition coefficient (Wildman–Crippen LogP) is 1.24. The van der Waals surface area contributed by atoms with Crippen molar-refractivity contribution in [2.24, 2.45) is 0 Å². The lowest BCUT2D eigenvalue weighted by Crippen LogP contribution is -2.71. The number of fused-ring (bicyclic) bond motifs is 2. The Hall–Kier alpha value is -4.44. The summed E-state index contributed by atoms with van der Waals surface area (Å²) in [5, 5.41) is 0.914. The smallest absolute Gasteiger partial charge is 0.333 e. The summed E-state index contributed by atoms with van der Waals surface area (Å²) in [6.07, 6.45) is -0.212. The second-order valence-electron chi connectivity index (χ2n) is 13.2. The van der Waals surface area contributed by atoms with Crippen LogP contribution in [0.15, 0.2) is 60.7 Å². The largest absolute Gasteiger partial charge is 0.460 e. The topological polar surface area (TPSA) is 183 Å². The first-order chi connectivity index (χ1) is 23.1. The van der Waals surface area contributed by atoms with Crippen molar-refractivity contribution in [2.75, 3.05) is 6.79 Å². The second-order valence-corrected chi connectivity index (χ2v) is 17.7. The van der Waals surface area contributed by atoms with Gasteiger partial charge in [0.05, 0.1) is 11.2 Å². The molecule has 49 heavy (non-hydrogen) atoms. The first-order valence-electron chi connectivity index (χ1n) is 15.5. The van der Waals surface area contributed by atoms with E-state index in [0.29, 0.717) is 5.56 Å². The van der Waals surface area contributed by atoms with Gasteiger partial charge < -0.3 is 29.3 Å². The summed E-state index contributed by atoms with van der Waals surface area (Å²) in [7, 11) is -3.84. The molecule has 6 rings (SSSR count). The number of ether oxygens (including phenoxy) is 3. The molecule has 16 heteroatoms.